The van der Waals surface area contributed by atoms with Crippen LogP contribution < -0.4 is 9.47 Å². The Hall–Kier alpha value is -1.81. The van der Waals surface area contributed by atoms with Crippen LogP contribution in [-0.4, -0.2) is 18.5 Å². The summed E-state index contributed by atoms with van der Waals surface area (Å²) in [5.74, 6) is -2.85. The van der Waals surface area contributed by atoms with Gasteiger partial charge in [0, 0.05) is 6.07 Å². The van der Waals surface area contributed by atoms with Crippen molar-refractivity contribution in [3.8, 4) is 11.8 Å². The smallest absolute Gasteiger partial charge is 0.481 e. The van der Waals surface area contributed by atoms with E-state index in [1.54, 1.807) is 0 Å². The van der Waals surface area contributed by atoms with Gasteiger partial charge in [0.1, 0.15) is 0 Å². The molecule has 114 valence electrons. The summed E-state index contributed by atoms with van der Waals surface area (Å²) in [4.78, 5) is 2.83. The Morgan fingerprint density at radius 2 is 1.65 bits per heavy atom. The van der Waals surface area contributed by atoms with Crippen molar-refractivity contribution >= 4 is 0 Å². The summed E-state index contributed by atoms with van der Waals surface area (Å²) < 4.78 is 106. The molecule has 0 aliphatic rings. The number of aromatic nitrogens is 1. The normalized spacial score (nSPS) is 12.7. The number of hydrogen-bond donors (Lipinski definition) is 0. The molecule has 0 aliphatic heterocycles. The third-order valence-corrected chi connectivity index (χ3v) is 1.95. The Bertz CT molecular complexity index is 482. The molecular weight excluding hydrogens is 306 g/mol. The molecule has 0 saturated carbocycles. The van der Waals surface area contributed by atoms with Crippen molar-refractivity contribution in [3.63, 3.8) is 0 Å². The Labute approximate surface area is 106 Å². The van der Waals surface area contributed by atoms with E-state index in [1.165, 1.54) is 0 Å². The van der Waals surface area contributed by atoms with E-state index < -0.39 is 41.9 Å². The number of nitrogens with zero attached hydrogens (tertiary/aromatic N) is 1. The van der Waals surface area contributed by atoms with Gasteiger partial charge in [-0.15, -0.1) is 13.2 Å². The number of alkyl halides is 8. The van der Waals surface area contributed by atoms with Gasteiger partial charge in [0.15, 0.2) is 0 Å². The van der Waals surface area contributed by atoms with E-state index in [4.69, 9.17) is 0 Å². The van der Waals surface area contributed by atoms with Gasteiger partial charge < -0.3 is 9.47 Å². The molecule has 3 nitrogen and oxygen atoms in total. The van der Waals surface area contributed by atoms with Crippen LogP contribution in [0.2, 0.25) is 0 Å². The molecule has 0 fully saturated rings. The second kappa shape index (κ2) is 5.29. The summed E-state index contributed by atoms with van der Waals surface area (Å²) in [6.07, 6.45) is -14.7. The third-order valence-electron chi connectivity index (χ3n) is 1.95. The average molecular weight is 311 g/mol. The van der Waals surface area contributed by atoms with E-state index in [0.29, 0.717) is 0 Å². The summed E-state index contributed by atoms with van der Waals surface area (Å²) in [7, 11) is 0.807. The number of rotatable bonds is 3. The van der Waals surface area contributed by atoms with Crippen molar-refractivity contribution < 1.29 is 44.6 Å². The van der Waals surface area contributed by atoms with E-state index in [9.17, 15) is 35.1 Å². The second-order valence-corrected chi connectivity index (χ2v) is 3.28. The SMILES string of the molecule is COc1cc(C(F)(F)F)c(C(F)F)c(OC(F)(F)F)n1. The highest BCUT2D eigenvalue weighted by molar-refractivity contribution is 5.41. The van der Waals surface area contributed by atoms with Crippen molar-refractivity contribution in [2.24, 2.45) is 0 Å². The summed E-state index contributed by atoms with van der Waals surface area (Å²) >= 11 is 0. The number of methoxy groups -OCH3 is 1. The molecule has 0 spiro atoms. The highest BCUT2D eigenvalue weighted by atomic mass is 19.4. The molecule has 11 heteroatoms. The minimum absolute atomic E-state index is 0.0602. The van der Waals surface area contributed by atoms with Crippen LogP contribution in [0, 0.1) is 0 Å². The first-order valence-electron chi connectivity index (χ1n) is 4.65. The zero-order valence-corrected chi connectivity index (χ0v) is 9.44. The lowest BCUT2D eigenvalue weighted by atomic mass is 10.1. The summed E-state index contributed by atoms with van der Waals surface area (Å²) in [6, 6.07) is 0.0602. The molecule has 1 heterocycles. The van der Waals surface area contributed by atoms with Gasteiger partial charge in [-0.2, -0.15) is 18.2 Å². The van der Waals surface area contributed by atoms with Crippen LogP contribution in [0.25, 0.3) is 0 Å². The first-order valence-corrected chi connectivity index (χ1v) is 4.65. The molecule has 0 saturated heterocycles. The molecule has 0 aliphatic carbocycles. The lowest BCUT2D eigenvalue weighted by Gasteiger charge is -2.17. The highest BCUT2D eigenvalue weighted by Crippen LogP contribution is 2.43. The van der Waals surface area contributed by atoms with E-state index in [2.05, 4.69) is 14.5 Å². The Kier molecular flexibility index (Phi) is 4.30. The number of hydrogen-bond acceptors (Lipinski definition) is 3. The maximum atomic E-state index is 12.6. The van der Waals surface area contributed by atoms with Crippen molar-refractivity contribution in [1.82, 2.24) is 4.98 Å². The Morgan fingerprint density at radius 3 is 2.00 bits per heavy atom. The lowest BCUT2D eigenvalue weighted by Crippen LogP contribution is -2.21. The van der Waals surface area contributed by atoms with Crippen LogP contribution in [0.5, 0.6) is 11.8 Å². The fourth-order valence-corrected chi connectivity index (χ4v) is 1.25. The van der Waals surface area contributed by atoms with Crippen molar-refractivity contribution in [3.05, 3.63) is 17.2 Å². The van der Waals surface area contributed by atoms with Crippen LogP contribution >= 0.6 is 0 Å². The predicted octanol–water partition coefficient (Wildman–Crippen LogP) is 3.95. The maximum Gasteiger partial charge on any atom is 0.574 e. The van der Waals surface area contributed by atoms with E-state index in [-0.39, 0.29) is 6.07 Å². The quantitative estimate of drug-likeness (QED) is 0.792. The molecule has 20 heavy (non-hydrogen) atoms. The van der Waals surface area contributed by atoms with E-state index in [1.807, 2.05) is 0 Å². The maximum absolute atomic E-state index is 12.6. The Balaban J connectivity index is 3.55. The van der Waals surface area contributed by atoms with Gasteiger partial charge >= 0.3 is 12.5 Å². The summed E-state index contributed by atoms with van der Waals surface area (Å²) in [6.45, 7) is 0. The second-order valence-electron chi connectivity index (χ2n) is 3.28. The molecular formula is C9H5F8NO2. The number of halogens is 8. The molecule has 0 N–H and O–H groups in total. The van der Waals surface area contributed by atoms with E-state index >= 15 is 0 Å². The van der Waals surface area contributed by atoms with Crippen LogP contribution in [-0.2, 0) is 6.18 Å². The van der Waals surface area contributed by atoms with Gasteiger partial charge in [-0.25, -0.2) is 8.78 Å². The van der Waals surface area contributed by atoms with Crippen molar-refractivity contribution in [2.75, 3.05) is 7.11 Å². The molecule has 0 amide bonds. The standard InChI is InChI=1S/C9H5F8NO2/c1-19-4-2-3(8(12,13)14)5(6(10)11)7(18-4)20-9(15,16)17/h2,6H,1H3. The fourth-order valence-electron chi connectivity index (χ4n) is 1.25. The predicted molar refractivity (Wildman–Crippen MR) is 47.4 cm³/mol. The Morgan fingerprint density at radius 1 is 1.10 bits per heavy atom. The molecule has 1 aromatic rings. The van der Waals surface area contributed by atoms with Gasteiger partial charge in [-0.05, 0) is 0 Å². The van der Waals surface area contributed by atoms with Crippen LogP contribution in [0.1, 0.15) is 17.6 Å². The highest BCUT2D eigenvalue weighted by Gasteiger charge is 2.42. The molecule has 0 bridgehead atoms. The van der Waals surface area contributed by atoms with Crippen LogP contribution in [0.15, 0.2) is 6.07 Å². The van der Waals surface area contributed by atoms with Gasteiger partial charge in [-0.3, -0.25) is 0 Å². The average Bonchev–Trinajstić information content (AvgIpc) is 2.23. The monoisotopic (exact) mass is 311 g/mol. The van der Waals surface area contributed by atoms with Crippen LogP contribution in [0.4, 0.5) is 35.1 Å². The molecule has 1 aromatic heterocycles. The molecule has 0 atom stereocenters. The lowest BCUT2D eigenvalue weighted by molar-refractivity contribution is -0.277. The van der Waals surface area contributed by atoms with Crippen molar-refractivity contribution in [1.29, 1.82) is 0 Å². The first-order chi connectivity index (χ1) is 8.95. The van der Waals surface area contributed by atoms with Gasteiger partial charge in [0.05, 0.1) is 18.2 Å². The summed E-state index contributed by atoms with van der Waals surface area (Å²) in [5, 5.41) is 0. The zero-order chi connectivity index (χ0) is 15.7. The topological polar surface area (TPSA) is 31.4 Å². The van der Waals surface area contributed by atoms with Gasteiger partial charge in [-0.1, -0.05) is 0 Å². The van der Waals surface area contributed by atoms with Crippen LogP contribution in [0.3, 0.4) is 0 Å². The van der Waals surface area contributed by atoms with Gasteiger partial charge in [0.2, 0.25) is 11.8 Å². The summed E-state index contributed by atoms with van der Waals surface area (Å²) in [5.41, 5.74) is -4.02. The fraction of sp³-hybridized carbons (Fsp3) is 0.444. The first kappa shape index (κ1) is 16.2. The molecule has 0 aromatic carbocycles. The molecule has 0 unspecified atom stereocenters. The molecule has 1 rings (SSSR count). The minimum atomic E-state index is -5.48. The third kappa shape index (κ3) is 3.84. The van der Waals surface area contributed by atoms with Gasteiger partial charge in [0.25, 0.3) is 6.43 Å². The number of ether oxygens (including phenoxy) is 2. The molecule has 0 radical (unpaired) electrons. The minimum Gasteiger partial charge on any atom is -0.481 e. The largest absolute Gasteiger partial charge is 0.574 e. The zero-order valence-electron chi connectivity index (χ0n) is 9.44. The van der Waals surface area contributed by atoms with E-state index in [0.717, 1.165) is 7.11 Å². The number of pyridine rings is 1. The van der Waals surface area contributed by atoms with Crippen molar-refractivity contribution in [2.45, 2.75) is 19.0 Å².